The van der Waals surface area contributed by atoms with Crippen molar-refractivity contribution in [3.05, 3.63) is 33.9 Å². The average molecular weight is 264 g/mol. The number of allylic oxidation sites excluding steroid dienone is 1. The van der Waals surface area contributed by atoms with E-state index >= 15 is 0 Å². The third-order valence-electron chi connectivity index (χ3n) is 2.93. The van der Waals surface area contributed by atoms with E-state index in [0.29, 0.717) is 11.8 Å². The van der Waals surface area contributed by atoms with E-state index in [9.17, 15) is 4.79 Å². The Balaban J connectivity index is 1.76. The fourth-order valence-corrected chi connectivity index (χ4v) is 3.70. The molecular formula is C12H12N2OS2. The standard InChI is InChI=1S/C12H12N2OS2/c1-8-10(17-7-13-8)3-2-9-5-14-11(15)4-12(14)16-6-9/h2-3,5,7,12H,4,6H2,1H3/b3-2+/t12-/m1/s1. The molecule has 0 bridgehead atoms. The van der Waals surface area contributed by atoms with Crippen LogP contribution in [0.4, 0.5) is 0 Å². The lowest BCUT2D eigenvalue weighted by Crippen LogP contribution is -2.48. The van der Waals surface area contributed by atoms with Gasteiger partial charge in [0.2, 0.25) is 5.91 Å². The lowest BCUT2D eigenvalue weighted by atomic mass is 10.2. The van der Waals surface area contributed by atoms with Gasteiger partial charge in [-0.15, -0.1) is 23.1 Å². The Hall–Kier alpha value is -1.07. The summed E-state index contributed by atoms with van der Waals surface area (Å²) in [7, 11) is 0. The Morgan fingerprint density at radius 3 is 3.12 bits per heavy atom. The second-order valence-corrected chi connectivity index (χ2v) is 6.16. The zero-order valence-electron chi connectivity index (χ0n) is 9.42. The minimum atomic E-state index is 0.238. The maximum atomic E-state index is 11.3. The third-order valence-corrected chi connectivity index (χ3v) is 5.10. The fourth-order valence-electron chi connectivity index (χ4n) is 1.85. The zero-order chi connectivity index (χ0) is 11.8. The molecule has 2 aliphatic rings. The number of hydrogen-bond donors (Lipinski definition) is 0. The molecule has 0 aliphatic carbocycles. The molecule has 0 N–H and O–H groups in total. The predicted octanol–water partition coefficient (Wildman–Crippen LogP) is 2.65. The van der Waals surface area contributed by atoms with Crippen LogP contribution in [0.2, 0.25) is 0 Å². The molecule has 1 atom stereocenters. The van der Waals surface area contributed by atoms with Gasteiger partial charge in [0.15, 0.2) is 0 Å². The van der Waals surface area contributed by atoms with Crippen molar-refractivity contribution in [2.75, 3.05) is 5.75 Å². The summed E-state index contributed by atoms with van der Waals surface area (Å²) in [6.07, 6.45) is 6.87. The molecule has 0 aromatic carbocycles. The van der Waals surface area contributed by atoms with Gasteiger partial charge in [-0.25, -0.2) is 4.98 Å². The molecular weight excluding hydrogens is 252 g/mol. The van der Waals surface area contributed by atoms with Gasteiger partial charge in [-0.05, 0) is 18.6 Å². The molecule has 3 nitrogen and oxygen atoms in total. The van der Waals surface area contributed by atoms with E-state index in [1.165, 1.54) is 10.5 Å². The number of thioether (sulfide) groups is 1. The van der Waals surface area contributed by atoms with Crippen molar-refractivity contribution in [1.82, 2.24) is 9.88 Å². The summed E-state index contributed by atoms with van der Waals surface area (Å²) in [5.74, 6) is 1.23. The molecule has 0 unspecified atom stereocenters. The first-order valence-corrected chi connectivity index (χ1v) is 7.38. The molecule has 3 heterocycles. The fraction of sp³-hybridized carbons (Fsp3) is 0.333. The van der Waals surface area contributed by atoms with Gasteiger partial charge in [-0.2, -0.15) is 0 Å². The monoisotopic (exact) mass is 264 g/mol. The van der Waals surface area contributed by atoms with E-state index in [2.05, 4.69) is 17.1 Å². The normalized spacial score (nSPS) is 23.6. The van der Waals surface area contributed by atoms with Crippen LogP contribution < -0.4 is 0 Å². The molecule has 1 fully saturated rings. The van der Waals surface area contributed by atoms with E-state index in [-0.39, 0.29) is 5.91 Å². The summed E-state index contributed by atoms with van der Waals surface area (Å²) in [5, 5.41) is 0.393. The molecule has 1 aromatic heterocycles. The van der Waals surface area contributed by atoms with Crippen LogP contribution in [0.15, 0.2) is 23.4 Å². The van der Waals surface area contributed by atoms with E-state index in [0.717, 1.165) is 11.4 Å². The number of nitrogens with zero attached hydrogens (tertiary/aromatic N) is 2. The summed E-state index contributed by atoms with van der Waals surface area (Å²) < 4.78 is 0. The average Bonchev–Trinajstić information content (AvgIpc) is 2.72. The lowest BCUT2D eigenvalue weighted by molar-refractivity contribution is -0.137. The largest absolute Gasteiger partial charge is 0.306 e. The van der Waals surface area contributed by atoms with Gasteiger partial charge in [0.05, 0.1) is 23.0 Å². The highest BCUT2D eigenvalue weighted by molar-refractivity contribution is 8.00. The van der Waals surface area contributed by atoms with E-state index in [1.54, 1.807) is 11.3 Å². The van der Waals surface area contributed by atoms with Crippen molar-refractivity contribution in [1.29, 1.82) is 0 Å². The summed E-state index contributed by atoms with van der Waals surface area (Å²) >= 11 is 3.48. The molecule has 0 spiro atoms. The van der Waals surface area contributed by atoms with E-state index in [1.807, 2.05) is 35.3 Å². The van der Waals surface area contributed by atoms with Crippen molar-refractivity contribution < 1.29 is 4.79 Å². The van der Waals surface area contributed by atoms with Crippen molar-refractivity contribution in [2.24, 2.45) is 0 Å². The minimum absolute atomic E-state index is 0.238. The molecule has 1 aromatic rings. The van der Waals surface area contributed by atoms with Crippen LogP contribution in [0, 0.1) is 6.92 Å². The number of hydrogen-bond acceptors (Lipinski definition) is 4. The van der Waals surface area contributed by atoms with Crippen molar-refractivity contribution in [2.45, 2.75) is 18.7 Å². The smallest absolute Gasteiger partial charge is 0.230 e. The molecule has 0 saturated carbocycles. The summed E-state index contributed by atoms with van der Waals surface area (Å²) in [6, 6.07) is 0. The van der Waals surface area contributed by atoms with Crippen molar-refractivity contribution >= 4 is 35.1 Å². The van der Waals surface area contributed by atoms with Gasteiger partial charge in [-0.3, -0.25) is 4.79 Å². The van der Waals surface area contributed by atoms with Gasteiger partial charge in [-0.1, -0.05) is 6.08 Å². The highest BCUT2D eigenvalue weighted by Crippen LogP contribution is 2.35. The minimum Gasteiger partial charge on any atom is -0.306 e. The Morgan fingerprint density at radius 1 is 1.53 bits per heavy atom. The van der Waals surface area contributed by atoms with E-state index in [4.69, 9.17) is 0 Å². The van der Waals surface area contributed by atoms with Gasteiger partial charge in [0.1, 0.15) is 0 Å². The van der Waals surface area contributed by atoms with Crippen LogP contribution in [0.25, 0.3) is 6.08 Å². The maximum Gasteiger partial charge on any atom is 0.230 e. The summed E-state index contributed by atoms with van der Waals surface area (Å²) in [5.41, 5.74) is 4.12. The Bertz CT molecular complexity index is 518. The second kappa shape index (κ2) is 4.31. The van der Waals surface area contributed by atoms with Crippen LogP contribution >= 0.6 is 23.1 Å². The van der Waals surface area contributed by atoms with Crippen LogP contribution in [0.1, 0.15) is 17.0 Å². The van der Waals surface area contributed by atoms with Gasteiger partial charge < -0.3 is 4.90 Å². The molecule has 0 radical (unpaired) electrons. The van der Waals surface area contributed by atoms with Crippen molar-refractivity contribution in [3.63, 3.8) is 0 Å². The predicted molar refractivity (Wildman–Crippen MR) is 71.7 cm³/mol. The van der Waals surface area contributed by atoms with Crippen LogP contribution in [0.5, 0.6) is 0 Å². The molecule has 88 valence electrons. The number of β-lactam (4-membered cyclic amide) rings is 1. The number of amides is 1. The SMILES string of the molecule is Cc1ncsc1/C=C/C1=CN2C(=O)C[C@H]2SC1. The molecule has 1 saturated heterocycles. The molecule has 3 rings (SSSR count). The first-order chi connectivity index (χ1) is 8.24. The van der Waals surface area contributed by atoms with Crippen LogP contribution in [-0.4, -0.2) is 26.9 Å². The van der Waals surface area contributed by atoms with Gasteiger partial charge in [0, 0.05) is 16.8 Å². The highest BCUT2D eigenvalue weighted by Gasteiger charge is 2.37. The zero-order valence-corrected chi connectivity index (χ0v) is 11.1. The Kier molecular flexibility index (Phi) is 2.80. The second-order valence-electron chi connectivity index (χ2n) is 4.11. The third kappa shape index (κ3) is 2.05. The highest BCUT2D eigenvalue weighted by atomic mass is 32.2. The number of carbonyl (C=O) groups is 1. The number of fused-ring (bicyclic) bond motifs is 1. The molecule has 2 aliphatic heterocycles. The quantitative estimate of drug-likeness (QED) is 0.770. The Labute approximate surface area is 108 Å². The van der Waals surface area contributed by atoms with Crippen LogP contribution in [0.3, 0.4) is 0 Å². The number of carbonyl (C=O) groups excluding carboxylic acids is 1. The number of aryl methyl sites for hydroxylation is 1. The number of aromatic nitrogens is 1. The maximum absolute atomic E-state index is 11.3. The topological polar surface area (TPSA) is 33.2 Å². The first kappa shape index (κ1) is 11.0. The summed E-state index contributed by atoms with van der Waals surface area (Å²) in [6.45, 7) is 2.01. The molecule has 5 heteroatoms. The lowest BCUT2D eigenvalue weighted by Gasteiger charge is -2.40. The van der Waals surface area contributed by atoms with E-state index < -0.39 is 0 Å². The molecule has 17 heavy (non-hydrogen) atoms. The first-order valence-electron chi connectivity index (χ1n) is 5.45. The van der Waals surface area contributed by atoms with Gasteiger partial charge in [0.25, 0.3) is 0 Å². The van der Waals surface area contributed by atoms with Crippen LogP contribution in [-0.2, 0) is 4.79 Å². The summed E-state index contributed by atoms with van der Waals surface area (Å²) in [4.78, 5) is 18.6. The molecule has 1 amide bonds. The number of thiazole rings is 1. The van der Waals surface area contributed by atoms with Gasteiger partial charge >= 0.3 is 0 Å². The van der Waals surface area contributed by atoms with Crippen molar-refractivity contribution in [3.8, 4) is 0 Å². The number of rotatable bonds is 2. The Morgan fingerprint density at radius 2 is 2.41 bits per heavy atom.